The van der Waals surface area contributed by atoms with E-state index in [4.69, 9.17) is 5.73 Å². The van der Waals surface area contributed by atoms with Crippen LogP contribution in [0, 0.1) is 5.82 Å². The Morgan fingerprint density at radius 3 is 2.94 bits per heavy atom. The summed E-state index contributed by atoms with van der Waals surface area (Å²) in [5.74, 6) is 0.300. The number of rotatable bonds is 3. The molecule has 0 amide bonds. The van der Waals surface area contributed by atoms with Gasteiger partial charge in [-0.3, -0.25) is 0 Å². The number of hydrogen-bond donors (Lipinski definition) is 1. The average molecular weight is 222 g/mol. The summed E-state index contributed by atoms with van der Waals surface area (Å²) in [5, 5.41) is 0. The highest BCUT2D eigenvalue weighted by atomic mass is 19.1. The van der Waals surface area contributed by atoms with Crippen LogP contribution in [0.5, 0.6) is 0 Å². The zero-order valence-corrected chi connectivity index (χ0v) is 9.91. The molecule has 0 bridgehead atoms. The van der Waals surface area contributed by atoms with E-state index in [-0.39, 0.29) is 11.9 Å². The molecule has 1 heterocycles. The molecule has 0 saturated heterocycles. The molecule has 0 fully saturated rings. The Hall–Kier alpha value is -1.09. The Kier molecular flexibility index (Phi) is 3.15. The van der Waals surface area contributed by atoms with Gasteiger partial charge in [0, 0.05) is 30.7 Å². The standard InChI is InChI=1S/C13H19FN2/c1-3-16-8-10(6-9(2)15)12-5-4-11(14)7-13(12)16/h4-5,7,9-10H,3,6,8,15H2,1-2H3. The minimum Gasteiger partial charge on any atom is -0.371 e. The number of halogens is 1. The summed E-state index contributed by atoms with van der Waals surface area (Å²) < 4.78 is 13.2. The summed E-state index contributed by atoms with van der Waals surface area (Å²) in [6.45, 7) is 6.02. The molecule has 0 saturated carbocycles. The lowest BCUT2D eigenvalue weighted by atomic mass is 9.95. The van der Waals surface area contributed by atoms with Crippen molar-refractivity contribution in [1.29, 1.82) is 0 Å². The highest BCUT2D eigenvalue weighted by molar-refractivity contribution is 5.60. The zero-order chi connectivity index (χ0) is 11.7. The summed E-state index contributed by atoms with van der Waals surface area (Å²) in [6.07, 6.45) is 0.967. The van der Waals surface area contributed by atoms with Gasteiger partial charge in [-0.15, -0.1) is 0 Å². The van der Waals surface area contributed by atoms with Crippen molar-refractivity contribution in [2.24, 2.45) is 5.73 Å². The van der Waals surface area contributed by atoms with Crippen molar-refractivity contribution in [3.8, 4) is 0 Å². The van der Waals surface area contributed by atoms with E-state index in [9.17, 15) is 4.39 Å². The Bertz CT molecular complexity index is 376. The van der Waals surface area contributed by atoms with Gasteiger partial charge in [-0.25, -0.2) is 4.39 Å². The zero-order valence-electron chi connectivity index (χ0n) is 9.91. The van der Waals surface area contributed by atoms with Gasteiger partial charge in [0.2, 0.25) is 0 Å². The topological polar surface area (TPSA) is 29.3 Å². The third kappa shape index (κ3) is 2.05. The van der Waals surface area contributed by atoms with Crippen molar-refractivity contribution in [3.63, 3.8) is 0 Å². The molecule has 1 aromatic rings. The van der Waals surface area contributed by atoms with E-state index >= 15 is 0 Å². The minimum absolute atomic E-state index is 0.154. The minimum atomic E-state index is -0.154. The summed E-state index contributed by atoms with van der Waals surface area (Å²) >= 11 is 0. The first-order valence-corrected chi connectivity index (χ1v) is 5.91. The van der Waals surface area contributed by atoms with Crippen LogP contribution in [0.1, 0.15) is 31.7 Å². The molecule has 1 aromatic carbocycles. The van der Waals surface area contributed by atoms with Gasteiger partial charge in [0.05, 0.1) is 0 Å². The molecule has 16 heavy (non-hydrogen) atoms. The van der Waals surface area contributed by atoms with Crippen LogP contribution in [0.3, 0.4) is 0 Å². The van der Waals surface area contributed by atoms with Gasteiger partial charge in [-0.2, -0.15) is 0 Å². The maximum absolute atomic E-state index is 13.2. The van der Waals surface area contributed by atoms with Gasteiger partial charge < -0.3 is 10.6 Å². The smallest absolute Gasteiger partial charge is 0.125 e. The quantitative estimate of drug-likeness (QED) is 0.851. The number of likely N-dealkylation sites (N-methyl/N-ethyl adjacent to an activating group) is 1. The molecule has 2 rings (SSSR count). The van der Waals surface area contributed by atoms with Crippen molar-refractivity contribution in [2.45, 2.75) is 32.2 Å². The van der Waals surface area contributed by atoms with Gasteiger partial charge in [0.25, 0.3) is 0 Å². The first-order chi connectivity index (χ1) is 7.61. The van der Waals surface area contributed by atoms with Crippen LogP contribution >= 0.6 is 0 Å². The molecule has 1 aliphatic rings. The van der Waals surface area contributed by atoms with Crippen molar-refractivity contribution in [2.75, 3.05) is 18.0 Å². The van der Waals surface area contributed by atoms with Crippen molar-refractivity contribution in [3.05, 3.63) is 29.6 Å². The molecule has 88 valence electrons. The number of nitrogens with zero attached hydrogens (tertiary/aromatic N) is 1. The fourth-order valence-corrected chi connectivity index (χ4v) is 2.55. The number of hydrogen-bond acceptors (Lipinski definition) is 2. The van der Waals surface area contributed by atoms with Crippen LogP contribution in [0.25, 0.3) is 0 Å². The number of anilines is 1. The third-order valence-electron chi connectivity index (χ3n) is 3.25. The van der Waals surface area contributed by atoms with E-state index in [0.717, 1.165) is 25.2 Å². The fraction of sp³-hybridized carbons (Fsp3) is 0.538. The van der Waals surface area contributed by atoms with Crippen molar-refractivity contribution < 1.29 is 4.39 Å². The highest BCUT2D eigenvalue weighted by Crippen LogP contribution is 2.38. The fourth-order valence-electron chi connectivity index (χ4n) is 2.55. The lowest BCUT2D eigenvalue weighted by Crippen LogP contribution is -2.24. The van der Waals surface area contributed by atoms with Crippen LogP contribution in [-0.4, -0.2) is 19.1 Å². The molecule has 0 aliphatic carbocycles. The van der Waals surface area contributed by atoms with E-state index in [0.29, 0.717) is 5.92 Å². The summed E-state index contributed by atoms with van der Waals surface area (Å²) in [5.41, 5.74) is 8.15. The largest absolute Gasteiger partial charge is 0.371 e. The van der Waals surface area contributed by atoms with E-state index in [1.807, 2.05) is 13.0 Å². The van der Waals surface area contributed by atoms with E-state index < -0.39 is 0 Å². The maximum atomic E-state index is 13.2. The summed E-state index contributed by atoms with van der Waals surface area (Å²) in [7, 11) is 0. The molecule has 2 nitrogen and oxygen atoms in total. The molecule has 0 spiro atoms. The molecule has 3 heteroatoms. The van der Waals surface area contributed by atoms with Gasteiger partial charge in [-0.05, 0) is 38.0 Å². The summed E-state index contributed by atoms with van der Waals surface area (Å²) in [6, 6.07) is 5.29. The maximum Gasteiger partial charge on any atom is 0.125 e. The van der Waals surface area contributed by atoms with Gasteiger partial charge in [-0.1, -0.05) is 6.07 Å². The SMILES string of the molecule is CCN1CC(CC(C)N)c2ccc(F)cc21. The van der Waals surface area contributed by atoms with Crippen LogP contribution < -0.4 is 10.6 Å². The van der Waals surface area contributed by atoms with Crippen molar-refractivity contribution >= 4 is 5.69 Å². The highest BCUT2D eigenvalue weighted by Gasteiger charge is 2.28. The molecular formula is C13H19FN2. The second kappa shape index (κ2) is 4.42. The second-order valence-corrected chi connectivity index (χ2v) is 4.65. The Morgan fingerprint density at radius 1 is 1.56 bits per heavy atom. The van der Waals surface area contributed by atoms with Gasteiger partial charge in [0.15, 0.2) is 0 Å². The van der Waals surface area contributed by atoms with Crippen LogP contribution in [0.4, 0.5) is 10.1 Å². The van der Waals surface area contributed by atoms with Crippen molar-refractivity contribution in [1.82, 2.24) is 0 Å². The molecule has 0 radical (unpaired) electrons. The molecule has 0 aromatic heterocycles. The molecular weight excluding hydrogens is 203 g/mol. The van der Waals surface area contributed by atoms with Crippen LogP contribution in [-0.2, 0) is 0 Å². The molecule has 1 aliphatic heterocycles. The third-order valence-corrected chi connectivity index (χ3v) is 3.25. The van der Waals surface area contributed by atoms with Gasteiger partial charge in [0.1, 0.15) is 5.82 Å². The number of benzene rings is 1. The Balaban J connectivity index is 2.30. The lowest BCUT2D eigenvalue weighted by Gasteiger charge is -2.17. The van der Waals surface area contributed by atoms with Gasteiger partial charge >= 0.3 is 0 Å². The monoisotopic (exact) mass is 222 g/mol. The van der Waals surface area contributed by atoms with E-state index in [1.165, 1.54) is 5.56 Å². The molecule has 2 atom stereocenters. The summed E-state index contributed by atoms with van der Waals surface area (Å²) in [4.78, 5) is 2.23. The molecule has 2 N–H and O–H groups in total. The molecule has 2 unspecified atom stereocenters. The van der Waals surface area contributed by atoms with E-state index in [2.05, 4.69) is 11.8 Å². The predicted molar refractivity (Wildman–Crippen MR) is 65.3 cm³/mol. The van der Waals surface area contributed by atoms with Crippen LogP contribution in [0.2, 0.25) is 0 Å². The normalized spacial score (nSPS) is 21.0. The average Bonchev–Trinajstić information content (AvgIpc) is 2.55. The van der Waals surface area contributed by atoms with E-state index in [1.54, 1.807) is 12.1 Å². The lowest BCUT2D eigenvalue weighted by molar-refractivity contribution is 0.567. The first kappa shape index (κ1) is 11.4. The Morgan fingerprint density at radius 2 is 2.31 bits per heavy atom. The number of fused-ring (bicyclic) bond motifs is 1. The Labute approximate surface area is 96.2 Å². The predicted octanol–water partition coefficient (Wildman–Crippen LogP) is 2.49. The first-order valence-electron chi connectivity index (χ1n) is 5.91. The second-order valence-electron chi connectivity index (χ2n) is 4.65. The van der Waals surface area contributed by atoms with Crippen LogP contribution in [0.15, 0.2) is 18.2 Å². The number of nitrogens with two attached hydrogens (primary N) is 1.